The molecular formula is C14H14N6O. The van der Waals surface area contributed by atoms with E-state index < -0.39 is 0 Å². The summed E-state index contributed by atoms with van der Waals surface area (Å²) in [5, 5.41) is 11.3. The summed E-state index contributed by atoms with van der Waals surface area (Å²) in [5.41, 5.74) is 2.70. The summed E-state index contributed by atoms with van der Waals surface area (Å²) in [7, 11) is 0. The molecule has 106 valence electrons. The molecule has 2 heterocycles. The Morgan fingerprint density at radius 1 is 1.33 bits per heavy atom. The fraction of sp³-hybridized carbons (Fsp3) is 0.214. The third kappa shape index (κ3) is 2.45. The first kappa shape index (κ1) is 13.2. The first-order valence-corrected chi connectivity index (χ1v) is 6.61. The molecule has 7 heteroatoms. The van der Waals surface area contributed by atoms with Crippen LogP contribution < -0.4 is 5.32 Å². The Balaban J connectivity index is 2.00. The van der Waals surface area contributed by atoms with E-state index in [2.05, 4.69) is 25.6 Å². The van der Waals surface area contributed by atoms with Crippen molar-refractivity contribution in [1.82, 2.24) is 25.0 Å². The Morgan fingerprint density at radius 3 is 2.95 bits per heavy atom. The first-order chi connectivity index (χ1) is 10.2. The smallest absolute Gasteiger partial charge is 0.183 e. The van der Waals surface area contributed by atoms with Crippen LogP contribution in [0.15, 0.2) is 30.6 Å². The van der Waals surface area contributed by atoms with E-state index in [1.807, 2.05) is 19.1 Å². The summed E-state index contributed by atoms with van der Waals surface area (Å²) in [6.07, 6.45) is 1.47. The van der Waals surface area contributed by atoms with Crippen LogP contribution in [0.2, 0.25) is 0 Å². The molecule has 21 heavy (non-hydrogen) atoms. The Hall–Kier alpha value is -2.83. The highest BCUT2D eigenvalue weighted by Gasteiger charge is 2.11. The number of aryl methyl sites for hydroxylation is 1. The molecule has 0 atom stereocenters. The minimum Gasteiger partial charge on any atom is -0.338 e. The van der Waals surface area contributed by atoms with Crippen molar-refractivity contribution in [3.63, 3.8) is 0 Å². The maximum Gasteiger partial charge on any atom is 0.183 e. The average molecular weight is 282 g/mol. The van der Waals surface area contributed by atoms with Gasteiger partial charge in [-0.25, -0.2) is 14.6 Å². The van der Waals surface area contributed by atoms with Gasteiger partial charge in [-0.1, -0.05) is 17.3 Å². The highest BCUT2D eigenvalue weighted by Crippen LogP contribution is 2.21. The van der Waals surface area contributed by atoms with Gasteiger partial charge in [-0.2, -0.15) is 0 Å². The van der Waals surface area contributed by atoms with Gasteiger partial charge in [0.15, 0.2) is 22.8 Å². The van der Waals surface area contributed by atoms with Gasteiger partial charge in [-0.15, -0.1) is 5.10 Å². The maximum atomic E-state index is 11.4. The lowest BCUT2D eigenvalue weighted by Gasteiger charge is -2.06. The van der Waals surface area contributed by atoms with Crippen molar-refractivity contribution in [1.29, 1.82) is 0 Å². The SMILES string of the molecule is CCn1nnc2c(Nc3cccc(C(C)=O)c3)ncnc21. The van der Waals surface area contributed by atoms with E-state index in [0.29, 0.717) is 29.1 Å². The number of fused-ring (bicyclic) bond motifs is 1. The summed E-state index contributed by atoms with van der Waals surface area (Å²) in [5.74, 6) is 0.587. The molecule has 0 spiro atoms. The summed E-state index contributed by atoms with van der Waals surface area (Å²) in [6, 6.07) is 7.24. The van der Waals surface area contributed by atoms with Crippen molar-refractivity contribution < 1.29 is 4.79 Å². The number of ketones is 1. The molecule has 7 nitrogen and oxygen atoms in total. The number of nitrogens with one attached hydrogen (secondary N) is 1. The van der Waals surface area contributed by atoms with Crippen LogP contribution in [0.25, 0.3) is 11.2 Å². The van der Waals surface area contributed by atoms with Crippen LogP contribution in [0.5, 0.6) is 0 Å². The fourth-order valence-electron chi connectivity index (χ4n) is 2.05. The van der Waals surface area contributed by atoms with Gasteiger partial charge in [0.2, 0.25) is 0 Å². The number of aromatic nitrogens is 5. The van der Waals surface area contributed by atoms with E-state index in [0.717, 1.165) is 5.69 Å². The molecule has 0 fully saturated rings. The number of hydrogen-bond donors (Lipinski definition) is 1. The van der Waals surface area contributed by atoms with E-state index in [-0.39, 0.29) is 5.78 Å². The minimum absolute atomic E-state index is 0.0170. The molecule has 0 aliphatic carbocycles. The molecule has 0 saturated carbocycles. The first-order valence-electron chi connectivity index (χ1n) is 6.61. The zero-order chi connectivity index (χ0) is 14.8. The summed E-state index contributed by atoms with van der Waals surface area (Å²) < 4.78 is 1.70. The van der Waals surface area contributed by atoms with Gasteiger partial charge in [-0.3, -0.25) is 4.79 Å². The molecule has 0 amide bonds. The number of carbonyl (C=O) groups is 1. The zero-order valence-electron chi connectivity index (χ0n) is 11.7. The number of carbonyl (C=O) groups excluding carboxylic acids is 1. The number of nitrogens with zero attached hydrogens (tertiary/aromatic N) is 5. The van der Waals surface area contributed by atoms with Crippen LogP contribution >= 0.6 is 0 Å². The van der Waals surface area contributed by atoms with Crippen LogP contribution in [-0.2, 0) is 6.54 Å². The third-order valence-electron chi connectivity index (χ3n) is 3.13. The lowest BCUT2D eigenvalue weighted by atomic mass is 10.1. The molecule has 0 aliphatic rings. The highest BCUT2D eigenvalue weighted by molar-refractivity contribution is 5.95. The number of anilines is 2. The minimum atomic E-state index is 0.0170. The van der Waals surface area contributed by atoms with Gasteiger partial charge in [0, 0.05) is 17.8 Å². The molecule has 2 aromatic heterocycles. The van der Waals surface area contributed by atoms with Gasteiger partial charge in [-0.05, 0) is 26.0 Å². The van der Waals surface area contributed by atoms with Crippen LogP contribution in [0.4, 0.5) is 11.5 Å². The summed E-state index contributed by atoms with van der Waals surface area (Å²) in [6.45, 7) is 4.20. The predicted octanol–water partition coefficient (Wildman–Crippen LogP) is 2.19. The quantitative estimate of drug-likeness (QED) is 0.738. The zero-order valence-corrected chi connectivity index (χ0v) is 11.7. The van der Waals surface area contributed by atoms with E-state index in [1.165, 1.54) is 13.3 Å². The lowest BCUT2D eigenvalue weighted by Crippen LogP contribution is -2.00. The normalized spacial score (nSPS) is 10.8. The topological polar surface area (TPSA) is 85.6 Å². The molecule has 1 N–H and O–H groups in total. The Bertz CT molecular complexity index is 810. The van der Waals surface area contributed by atoms with Gasteiger partial charge in [0.25, 0.3) is 0 Å². The van der Waals surface area contributed by atoms with Crippen molar-refractivity contribution in [3.8, 4) is 0 Å². The summed E-state index contributed by atoms with van der Waals surface area (Å²) in [4.78, 5) is 19.8. The van der Waals surface area contributed by atoms with Crippen molar-refractivity contribution >= 4 is 28.5 Å². The fourth-order valence-corrected chi connectivity index (χ4v) is 2.05. The second-order valence-corrected chi connectivity index (χ2v) is 4.56. The van der Waals surface area contributed by atoms with Crippen LogP contribution in [-0.4, -0.2) is 30.7 Å². The van der Waals surface area contributed by atoms with Crippen molar-refractivity contribution in [2.45, 2.75) is 20.4 Å². The predicted molar refractivity (Wildman–Crippen MR) is 78.5 cm³/mol. The lowest BCUT2D eigenvalue weighted by molar-refractivity contribution is 0.101. The molecule has 0 aliphatic heterocycles. The molecular weight excluding hydrogens is 268 g/mol. The molecule has 3 rings (SSSR count). The Labute approximate surface area is 121 Å². The van der Waals surface area contributed by atoms with Gasteiger partial charge >= 0.3 is 0 Å². The van der Waals surface area contributed by atoms with Gasteiger partial charge < -0.3 is 5.32 Å². The second-order valence-electron chi connectivity index (χ2n) is 4.56. The van der Waals surface area contributed by atoms with Crippen LogP contribution in [0.1, 0.15) is 24.2 Å². The van der Waals surface area contributed by atoms with Crippen molar-refractivity contribution in [2.24, 2.45) is 0 Å². The Kier molecular flexibility index (Phi) is 3.31. The molecule has 0 unspecified atom stereocenters. The Morgan fingerprint density at radius 2 is 2.19 bits per heavy atom. The van der Waals surface area contributed by atoms with Crippen LogP contribution in [0.3, 0.4) is 0 Å². The van der Waals surface area contributed by atoms with Crippen molar-refractivity contribution in [2.75, 3.05) is 5.32 Å². The van der Waals surface area contributed by atoms with Crippen LogP contribution in [0, 0.1) is 0 Å². The second kappa shape index (κ2) is 5.28. The summed E-state index contributed by atoms with van der Waals surface area (Å²) >= 11 is 0. The number of rotatable bonds is 4. The highest BCUT2D eigenvalue weighted by atomic mass is 16.1. The van der Waals surface area contributed by atoms with Crippen molar-refractivity contribution in [3.05, 3.63) is 36.2 Å². The molecule has 0 radical (unpaired) electrons. The molecule has 3 aromatic rings. The third-order valence-corrected chi connectivity index (χ3v) is 3.13. The molecule has 0 bridgehead atoms. The van der Waals surface area contributed by atoms with E-state index >= 15 is 0 Å². The standard InChI is InChI=1S/C14H14N6O/c1-3-20-14-12(18-19-20)13(15-8-16-14)17-11-6-4-5-10(7-11)9(2)21/h4-8H,3H2,1-2H3,(H,15,16,17). The average Bonchev–Trinajstić information content (AvgIpc) is 2.92. The number of Topliss-reactive ketones (excluding diaryl/α,β-unsaturated/α-hetero) is 1. The largest absolute Gasteiger partial charge is 0.338 e. The van der Waals surface area contributed by atoms with Gasteiger partial charge in [0.1, 0.15) is 6.33 Å². The molecule has 1 aromatic carbocycles. The monoisotopic (exact) mass is 282 g/mol. The van der Waals surface area contributed by atoms with E-state index in [4.69, 9.17) is 0 Å². The van der Waals surface area contributed by atoms with E-state index in [9.17, 15) is 4.79 Å². The number of benzene rings is 1. The molecule has 0 saturated heterocycles. The maximum absolute atomic E-state index is 11.4. The van der Waals surface area contributed by atoms with E-state index in [1.54, 1.807) is 16.8 Å². The number of hydrogen-bond acceptors (Lipinski definition) is 6. The van der Waals surface area contributed by atoms with Gasteiger partial charge in [0.05, 0.1) is 0 Å².